The number of halogens is 2. The predicted octanol–water partition coefficient (Wildman–Crippen LogP) is 2.14. The summed E-state index contributed by atoms with van der Waals surface area (Å²) in [5.41, 5.74) is 6.14. The van der Waals surface area contributed by atoms with E-state index >= 15 is 0 Å². The molecule has 1 unspecified atom stereocenters. The van der Waals surface area contributed by atoms with Crippen molar-refractivity contribution in [3.8, 4) is 0 Å². The SMILES string of the molecule is CCCN(CC(=O)Nc1cc(Cl)ccc1Cl)C(=O)C(N)COC. The maximum absolute atomic E-state index is 12.2. The van der Waals surface area contributed by atoms with Crippen LogP contribution in [0.2, 0.25) is 10.0 Å². The standard InChI is InChI=1S/C15H21Cl2N3O3/c1-3-6-20(15(22)12(18)9-23-2)8-14(21)19-13-7-10(16)4-5-11(13)17/h4-5,7,12H,3,6,8-9,18H2,1-2H3,(H,19,21). The van der Waals surface area contributed by atoms with E-state index in [0.29, 0.717) is 28.7 Å². The number of amides is 2. The van der Waals surface area contributed by atoms with Crippen LogP contribution in [0.25, 0.3) is 0 Å². The summed E-state index contributed by atoms with van der Waals surface area (Å²) >= 11 is 11.9. The molecule has 0 saturated heterocycles. The van der Waals surface area contributed by atoms with Crippen LogP contribution >= 0.6 is 23.2 Å². The summed E-state index contributed by atoms with van der Waals surface area (Å²) in [4.78, 5) is 25.8. The molecule has 0 heterocycles. The van der Waals surface area contributed by atoms with Crippen molar-refractivity contribution in [2.75, 3.05) is 32.1 Å². The molecule has 128 valence electrons. The molecule has 1 atom stereocenters. The summed E-state index contributed by atoms with van der Waals surface area (Å²) < 4.78 is 4.88. The zero-order chi connectivity index (χ0) is 17.4. The zero-order valence-corrected chi connectivity index (χ0v) is 14.7. The van der Waals surface area contributed by atoms with E-state index in [2.05, 4.69) is 5.32 Å². The first kappa shape index (κ1) is 19.7. The number of carbonyl (C=O) groups is 2. The van der Waals surface area contributed by atoms with Crippen LogP contribution in [0.4, 0.5) is 5.69 Å². The minimum atomic E-state index is -0.797. The van der Waals surface area contributed by atoms with Crippen molar-refractivity contribution >= 4 is 40.7 Å². The molecule has 1 rings (SSSR count). The van der Waals surface area contributed by atoms with Crippen LogP contribution in [-0.4, -0.2) is 49.6 Å². The first-order chi connectivity index (χ1) is 10.9. The van der Waals surface area contributed by atoms with Gasteiger partial charge in [-0.25, -0.2) is 0 Å². The number of methoxy groups -OCH3 is 1. The molecule has 3 N–H and O–H groups in total. The van der Waals surface area contributed by atoms with E-state index in [4.69, 9.17) is 33.7 Å². The first-order valence-electron chi connectivity index (χ1n) is 7.17. The third kappa shape index (κ3) is 6.35. The highest BCUT2D eigenvalue weighted by Crippen LogP contribution is 2.25. The lowest BCUT2D eigenvalue weighted by Gasteiger charge is -2.24. The Labute approximate surface area is 145 Å². The quantitative estimate of drug-likeness (QED) is 0.742. The first-order valence-corrected chi connectivity index (χ1v) is 7.92. The number of ether oxygens (including phenoxy) is 1. The van der Waals surface area contributed by atoms with Crippen LogP contribution in [0.5, 0.6) is 0 Å². The Kier molecular flexibility index (Phi) is 8.33. The van der Waals surface area contributed by atoms with E-state index in [9.17, 15) is 9.59 Å². The van der Waals surface area contributed by atoms with E-state index in [1.807, 2.05) is 6.92 Å². The van der Waals surface area contributed by atoms with Gasteiger partial charge in [-0.3, -0.25) is 9.59 Å². The fourth-order valence-electron chi connectivity index (χ4n) is 1.98. The van der Waals surface area contributed by atoms with Gasteiger partial charge >= 0.3 is 0 Å². The van der Waals surface area contributed by atoms with Gasteiger partial charge in [0.15, 0.2) is 0 Å². The van der Waals surface area contributed by atoms with E-state index in [-0.39, 0.29) is 25.0 Å². The molecule has 0 saturated carbocycles. The highest BCUT2D eigenvalue weighted by molar-refractivity contribution is 6.35. The highest BCUT2D eigenvalue weighted by atomic mass is 35.5. The van der Waals surface area contributed by atoms with Gasteiger partial charge in [0, 0.05) is 18.7 Å². The molecular weight excluding hydrogens is 341 g/mol. The maximum Gasteiger partial charge on any atom is 0.244 e. The highest BCUT2D eigenvalue weighted by Gasteiger charge is 2.22. The van der Waals surface area contributed by atoms with Crippen LogP contribution < -0.4 is 11.1 Å². The number of rotatable bonds is 8. The summed E-state index contributed by atoms with van der Waals surface area (Å²) in [5, 5.41) is 3.46. The van der Waals surface area contributed by atoms with Gasteiger partial charge in [-0.2, -0.15) is 0 Å². The molecule has 1 aromatic carbocycles. The smallest absolute Gasteiger partial charge is 0.244 e. The predicted molar refractivity (Wildman–Crippen MR) is 91.8 cm³/mol. The molecule has 8 heteroatoms. The van der Waals surface area contributed by atoms with E-state index in [0.717, 1.165) is 0 Å². The van der Waals surface area contributed by atoms with Crippen molar-refractivity contribution in [1.29, 1.82) is 0 Å². The normalized spacial score (nSPS) is 11.9. The van der Waals surface area contributed by atoms with Crippen LogP contribution in [0.15, 0.2) is 18.2 Å². The van der Waals surface area contributed by atoms with E-state index in [1.54, 1.807) is 18.2 Å². The van der Waals surface area contributed by atoms with Crippen LogP contribution in [0.1, 0.15) is 13.3 Å². The Bertz CT molecular complexity index is 555. The minimum absolute atomic E-state index is 0.0980. The molecular formula is C15H21Cl2N3O3. The Hall–Kier alpha value is -1.34. The van der Waals surface area contributed by atoms with Gasteiger partial charge in [-0.15, -0.1) is 0 Å². The lowest BCUT2D eigenvalue weighted by atomic mass is 10.2. The second kappa shape index (κ2) is 9.72. The molecule has 1 aromatic rings. The van der Waals surface area contributed by atoms with Crippen LogP contribution in [-0.2, 0) is 14.3 Å². The Morgan fingerprint density at radius 2 is 2.09 bits per heavy atom. The van der Waals surface area contributed by atoms with Gasteiger partial charge in [-0.05, 0) is 24.6 Å². The largest absolute Gasteiger partial charge is 0.383 e. The second-order valence-corrected chi connectivity index (χ2v) is 5.84. The zero-order valence-electron chi connectivity index (χ0n) is 13.1. The fourth-order valence-corrected chi connectivity index (χ4v) is 2.32. The number of benzene rings is 1. The molecule has 0 bridgehead atoms. The van der Waals surface area contributed by atoms with Crippen molar-refractivity contribution in [2.24, 2.45) is 5.73 Å². The summed E-state index contributed by atoms with van der Waals surface area (Å²) in [6.45, 7) is 2.31. The average molecular weight is 362 g/mol. The van der Waals surface area contributed by atoms with Gasteiger partial charge in [0.1, 0.15) is 6.04 Å². The molecule has 0 aliphatic heterocycles. The number of nitrogens with two attached hydrogens (primary N) is 1. The molecule has 2 amide bonds. The fraction of sp³-hybridized carbons (Fsp3) is 0.467. The summed E-state index contributed by atoms with van der Waals surface area (Å²) in [6, 6.07) is 3.96. The molecule has 0 spiro atoms. The van der Waals surface area contributed by atoms with Gasteiger partial charge in [0.05, 0.1) is 23.9 Å². The number of hydrogen-bond acceptors (Lipinski definition) is 4. The number of nitrogens with zero attached hydrogens (tertiary/aromatic N) is 1. The van der Waals surface area contributed by atoms with Crippen LogP contribution in [0.3, 0.4) is 0 Å². The average Bonchev–Trinajstić information content (AvgIpc) is 2.50. The lowest BCUT2D eigenvalue weighted by molar-refractivity contribution is -0.136. The molecule has 23 heavy (non-hydrogen) atoms. The van der Waals surface area contributed by atoms with Crippen molar-refractivity contribution in [3.05, 3.63) is 28.2 Å². The van der Waals surface area contributed by atoms with Crippen LogP contribution in [0, 0.1) is 0 Å². The molecule has 0 fully saturated rings. The number of hydrogen-bond donors (Lipinski definition) is 2. The van der Waals surface area contributed by atoms with Crippen molar-refractivity contribution in [1.82, 2.24) is 4.90 Å². The van der Waals surface area contributed by atoms with Crippen molar-refractivity contribution in [3.63, 3.8) is 0 Å². The number of nitrogens with one attached hydrogen (secondary N) is 1. The number of anilines is 1. The van der Waals surface area contributed by atoms with Gasteiger partial charge < -0.3 is 20.7 Å². The Balaban J connectivity index is 2.74. The van der Waals surface area contributed by atoms with Gasteiger partial charge in [0.25, 0.3) is 0 Å². The molecule has 0 aromatic heterocycles. The molecule has 0 aliphatic carbocycles. The summed E-state index contributed by atoms with van der Waals surface area (Å²) in [6.07, 6.45) is 0.705. The minimum Gasteiger partial charge on any atom is -0.383 e. The maximum atomic E-state index is 12.2. The summed E-state index contributed by atoms with van der Waals surface area (Å²) in [5.74, 6) is -0.707. The monoisotopic (exact) mass is 361 g/mol. The lowest BCUT2D eigenvalue weighted by Crippen LogP contribution is -2.48. The molecule has 0 radical (unpaired) electrons. The van der Waals surface area contributed by atoms with E-state index < -0.39 is 6.04 Å². The number of carbonyl (C=O) groups excluding carboxylic acids is 2. The van der Waals surface area contributed by atoms with Gasteiger partial charge in [-0.1, -0.05) is 30.1 Å². The van der Waals surface area contributed by atoms with Gasteiger partial charge in [0.2, 0.25) is 11.8 Å². The third-order valence-electron chi connectivity index (χ3n) is 3.01. The Morgan fingerprint density at radius 3 is 2.70 bits per heavy atom. The van der Waals surface area contributed by atoms with E-state index in [1.165, 1.54) is 12.0 Å². The summed E-state index contributed by atoms with van der Waals surface area (Å²) in [7, 11) is 1.46. The third-order valence-corrected chi connectivity index (χ3v) is 3.57. The topological polar surface area (TPSA) is 84.7 Å². The second-order valence-electron chi connectivity index (χ2n) is 4.99. The van der Waals surface area contributed by atoms with Crippen molar-refractivity contribution in [2.45, 2.75) is 19.4 Å². The molecule has 6 nitrogen and oxygen atoms in total. The Morgan fingerprint density at radius 1 is 1.39 bits per heavy atom. The van der Waals surface area contributed by atoms with Crippen molar-refractivity contribution < 1.29 is 14.3 Å². The molecule has 0 aliphatic rings.